The summed E-state index contributed by atoms with van der Waals surface area (Å²) >= 11 is 0. The van der Waals surface area contributed by atoms with Gasteiger partial charge < -0.3 is 15.4 Å². The van der Waals surface area contributed by atoms with Gasteiger partial charge in [-0.15, -0.1) is 0 Å². The average Bonchev–Trinajstić information content (AvgIpc) is 2.93. The van der Waals surface area contributed by atoms with Crippen LogP contribution in [0.1, 0.15) is 24.0 Å². The lowest BCUT2D eigenvalue weighted by atomic mass is 10.1. The molecule has 0 aromatic heterocycles. The number of benzene rings is 1. The highest BCUT2D eigenvalue weighted by Gasteiger charge is 2.25. The molecule has 2 N–H and O–H groups in total. The minimum Gasteiger partial charge on any atom is -0.496 e. The standard InChI is InChI=1S/C16H22N2O2/c1-12-5-7-15(20-2)13(10-12)6-8-16(19)18-9-3-4-14(18)11-17/h5-8,10,14H,3-4,9,11,17H2,1-2H3/b8-6+. The number of carbonyl (C=O) groups excluding carboxylic acids is 1. The summed E-state index contributed by atoms with van der Waals surface area (Å²) in [4.78, 5) is 14.1. The highest BCUT2D eigenvalue weighted by atomic mass is 16.5. The third-order valence-electron chi connectivity index (χ3n) is 3.72. The number of aryl methyl sites for hydroxylation is 1. The summed E-state index contributed by atoms with van der Waals surface area (Å²) in [6.07, 6.45) is 5.48. The molecule has 1 amide bonds. The Hall–Kier alpha value is -1.81. The van der Waals surface area contributed by atoms with Crippen LogP contribution in [0.15, 0.2) is 24.3 Å². The van der Waals surface area contributed by atoms with E-state index in [2.05, 4.69) is 0 Å². The van der Waals surface area contributed by atoms with E-state index in [9.17, 15) is 4.79 Å². The fraction of sp³-hybridized carbons (Fsp3) is 0.438. The van der Waals surface area contributed by atoms with Gasteiger partial charge in [-0.2, -0.15) is 0 Å². The van der Waals surface area contributed by atoms with Crippen molar-refractivity contribution in [3.05, 3.63) is 35.4 Å². The summed E-state index contributed by atoms with van der Waals surface area (Å²) in [6.45, 7) is 3.35. The fourth-order valence-electron chi connectivity index (χ4n) is 2.61. The molecule has 1 aliphatic rings. The van der Waals surface area contributed by atoms with Crippen molar-refractivity contribution in [1.82, 2.24) is 4.90 Å². The van der Waals surface area contributed by atoms with Gasteiger partial charge in [0.15, 0.2) is 0 Å². The Morgan fingerprint density at radius 3 is 3.05 bits per heavy atom. The van der Waals surface area contributed by atoms with E-state index < -0.39 is 0 Å². The molecule has 1 saturated heterocycles. The van der Waals surface area contributed by atoms with E-state index in [1.54, 1.807) is 13.2 Å². The molecule has 0 aliphatic carbocycles. The van der Waals surface area contributed by atoms with Crippen LogP contribution in [0.2, 0.25) is 0 Å². The van der Waals surface area contributed by atoms with Crippen molar-refractivity contribution in [2.75, 3.05) is 20.2 Å². The minimum absolute atomic E-state index is 0.0292. The highest BCUT2D eigenvalue weighted by molar-refractivity contribution is 5.92. The first-order chi connectivity index (χ1) is 9.65. The van der Waals surface area contributed by atoms with Crippen LogP contribution in [0, 0.1) is 6.92 Å². The molecule has 1 atom stereocenters. The van der Waals surface area contributed by atoms with Gasteiger partial charge in [0, 0.05) is 30.8 Å². The molecular formula is C16H22N2O2. The Morgan fingerprint density at radius 1 is 1.55 bits per heavy atom. The Kier molecular flexibility index (Phi) is 4.79. The number of ether oxygens (including phenoxy) is 1. The maximum Gasteiger partial charge on any atom is 0.246 e. The Bertz CT molecular complexity index is 511. The van der Waals surface area contributed by atoms with Crippen molar-refractivity contribution in [3.63, 3.8) is 0 Å². The van der Waals surface area contributed by atoms with Crippen LogP contribution in [0.25, 0.3) is 6.08 Å². The zero-order valence-corrected chi connectivity index (χ0v) is 12.1. The zero-order valence-electron chi connectivity index (χ0n) is 12.1. The van der Waals surface area contributed by atoms with Crippen LogP contribution >= 0.6 is 0 Å². The van der Waals surface area contributed by atoms with E-state index in [4.69, 9.17) is 10.5 Å². The first kappa shape index (κ1) is 14.6. The predicted octanol–water partition coefficient (Wildman–Crippen LogP) is 1.97. The number of rotatable bonds is 4. The van der Waals surface area contributed by atoms with E-state index in [0.29, 0.717) is 6.54 Å². The van der Waals surface area contributed by atoms with Crippen molar-refractivity contribution in [3.8, 4) is 5.75 Å². The average molecular weight is 274 g/mol. The van der Waals surface area contributed by atoms with Gasteiger partial charge in [-0.05, 0) is 38.0 Å². The van der Waals surface area contributed by atoms with Crippen molar-refractivity contribution in [1.29, 1.82) is 0 Å². The summed E-state index contributed by atoms with van der Waals surface area (Å²) in [5.74, 6) is 0.804. The van der Waals surface area contributed by atoms with E-state index in [1.165, 1.54) is 0 Å². The number of likely N-dealkylation sites (tertiary alicyclic amines) is 1. The van der Waals surface area contributed by atoms with E-state index >= 15 is 0 Å². The zero-order chi connectivity index (χ0) is 14.5. The van der Waals surface area contributed by atoms with Gasteiger partial charge in [0.05, 0.1) is 7.11 Å². The minimum atomic E-state index is 0.0292. The monoisotopic (exact) mass is 274 g/mol. The largest absolute Gasteiger partial charge is 0.496 e. The SMILES string of the molecule is COc1ccc(C)cc1/C=C/C(=O)N1CCCC1CN. The van der Waals surface area contributed by atoms with E-state index in [0.717, 1.165) is 36.3 Å². The van der Waals surface area contributed by atoms with Gasteiger partial charge in [-0.25, -0.2) is 0 Å². The van der Waals surface area contributed by atoms with Crippen LogP contribution in [0.5, 0.6) is 5.75 Å². The van der Waals surface area contributed by atoms with Crippen LogP contribution in [-0.2, 0) is 4.79 Å². The topological polar surface area (TPSA) is 55.6 Å². The molecule has 1 unspecified atom stereocenters. The lowest BCUT2D eigenvalue weighted by molar-refractivity contribution is -0.126. The van der Waals surface area contributed by atoms with Gasteiger partial charge in [-0.3, -0.25) is 4.79 Å². The molecule has 1 aromatic carbocycles. The lowest BCUT2D eigenvalue weighted by Crippen LogP contribution is -2.38. The number of carbonyl (C=O) groups is 1. The number of methoxy groups -OCH3 is 1. The van der Waals surface area contributed by atoms with Crippen molar-refractivity contribution >= 4 is 12.0 Å². The normalized spacial score (nSPS) is 18.8. The molecule has 20 heavy (non-hydrogen) atoms. The number of amides is 1. The third kappa shape index (κ3) is 3.20. The quantitative estimate of drug-likeness (QED) is 0.854. The third-order valence-corrected chi connectivity index (χ3v) is 3.72. The maximum atomic E-state index is 12.2. The summed E-state index contributed by atoms with van der Waals surface area (Å²) in [7, 11) is 1.63. The molecule has 1 fully saturated rings. The van der Waals surface area contributed by atoms with E-state index in [1.807, 2.05) is 36.1 Å². The molecule has 4 nitrogen and oxygen atoms in total. The predicted molar refractivity (Wildman–Crippen MR) is 80.6 cm³/mol. The Balaban J connectivity index is 2.12. The van der Waals surface area contributed by atoms with Crippen LogP contribution in [-0.4, -0.2) is 37.0 Å². The molecule has 108 valence electrons. The van der Waals surface area contributed by atoms with Crippen molar-refractivity contribution < 1.29 is 9.53 Å². The van der Waals surface area contributed by atoms with Gasteiger partial charge in [0.25, 0.3) is 0 Å². The fourth-order valence-corrected chi connectivity index (χ4v) is 2.61. The van der Waals surface area contributed by atoms with Crippen molar-refractivity contribution in [2.45, 2.75) is 25.8 Å². The molecule has 0 radical (unpaired) electrons. The molecule has 1 heterocycles. The van der Waals surface area contributed by atoms with Gasteiger partial charge in [0.1, 0.15) is 5.75 Å². The molecule has 4 heteroatoms. The summed E-state index contributed by atoms with van der Waals surface area (Å²) in [5.41, 5.74) is 7.76. The number of hydrogen-bond acceptors (Lipinski definition) is 3. The number of hydrogen-bond donors (Lipinski definition) is 1. The van der Waals surface area contributed by atoms with Crippen LogP contribution in [0.4, 0.5) is 0 Å². The molecule has 1 aliphatic heterocycles. The highest BCUT2D eigenvalue weighted by Crippen LogP contribution is 2.22. The molecule has 0 spiro atoms. The van der Waals surface area contributed by atoms with Gasteiger partial charge >= 0.3 is 0 Å². The molecule has 0 saturated carbocycles. The lowest BCUT2D eigenvalue weighted by Gasteiger charge is -2.21. The first-order valence-corrected chi connectivity index (χ1v) is 6.99. The molecule has 0 bridgehead atoms. The summed E-state index contributed by atoms with van der Waals surface area (Å²) in [5, 5.41) is 0. The number of nitrogens with two attached hydrogens (primary N) is 1. The molecular weight excluding hydrogens is 252 g/mol. The summed E-state index contributed by atoms with van der Waals surface area (Å²) in [6, 6.07) is 6.10. The second kappa shape index (κ2) is 6.57. The second-order valence-corrected chi connectivity index (χ2v) is 5.14. The smallest absolute Gasteiger partial charge is 0.246 e. The first-order valence-electron chi connectivity index (χ1n) is 6.99. The Morgan fingerprint density at radius 2 is 2.35 bits per heavy atom. The van der Waals surface area contributed by atoms with E-state index in [-0.39, 0.29) is 11.9 Å². The van der Waals surface area contributed by atoms with Gasteiger partial charge in [0.2, 0.25) is 5.91 Å². The number of nitrogens with zero attached hydrogens (tertiary/aromatic N) is 1. The van der Waals surface area contributed by atoms with Gasteiger partial charge in [-0.1, -0.05) is 11.6 Å². The molecule has 2 rings (SSSR count). The summed E-state index contributed by atoms with van der Waals surface area (Å²) < 4.78 is 5.30. The maximum absolute atomic E-state index is 12.2. The van der Waals surface area contributed by atoms with Crippen molar-refractivity contribution in [2.24, 2.45) is 5.73 Å². The van der Waals surface area contributed by atoms with Crippen LogP contribution < -0.4 is 10.5 Å². The molecule has 1 aromatic rings. The second-order valence-electron chi connectivity index (χ2n) is 5.14. The van der Waals surface area contributed by atoms with Crippen LogP contribution in [0.3, 0.4) is 0 Å². The Labute approximate surface area is 120 Å².